The van der Waals surface area contributed by atoms with Crippen molar-refractivity contribution < 1.29 is 23.8 Å². The first-order chi connectivity index (χ1) is 14.1. The standard InChI is InChI=1S/C21H21N3O5/c1-2-27-17-6-4-16(5-7-17)24-12-15(10-20(24)25)21(26)23-22-11-14-3-8-18-19(9-14)29-13-28-18/h3-9,11,15H,2,10,12-13H2,1H3,(H,23,26)/b22-11-/t15-/m1/s1. The van der Waals surface area contributed by atoms with Gasteiger partial charge in [-0.2, -0.15) is 5.10 Å². The molecule has 2 aromatic rings. The summed E-state index contributed by atoms with van der Waals surface area (Å²) >= 11 is 0. The summed E-state index contributed by atoms with van der Waals surface area (Å²) in [6.45, 7) is 3.01. The van der Waals surface area contributed by atoms with Crippen molar-refractivity contribution in [2.75, 3.05) is 24.8 Å². The molecule has 1 N–H and O–H groups in total. The third-order valence-corrected chi connectivity index (χ3v) is 4.74. The minimum absolute atomic E-state index is 0.0888. The maximum absolute atomic E-state index is 12.4. The molecule has 29 heavy (non-hydrogen) atoms. The first-order valence-corrected chi connectivity index (χ1v) is 9.40. The van der Waals surface area contributed by atoms with Gasteiger partial charge in [0.2, 0.25) is 18.6 Å². The molecule has 0 radical (unpaired) electrons. The maximum Gasteiger partial charge on any atom is 0.245 e. The molecule has 0 saturated carbocycles. The molecule has 2 amide bonds. The smallest absolute Gasteiger partial charge is 0.245 e. The highest BCUT2D eigenvalue weighted by molar-refractivity contribution is 6.00. The molecule has 0 aliphatic carbocycles. The van der Waals surface area contributed by atoms with Crippen molar-refractivity contribution in [3.8, 4) is 17.2 Å². The Bertz CT molecular complexity index is 942. The second kappa shape index (κ2) is 8.22. The van der Waals surface area contributed by atoms with E-state index < -0.39 is 5.92 Å². The molecule has 8 heteroatoms. The zero-order valence-electron chi connectivity index (χ0n) is 16.0. The summed E-state index contributed by atoms with van der Waals surface area (Å²) in [5.41, 5.74) is 4.04. The predicted molar refractivity (Wildman–Crippen MR) is 106 cm³/mol. The molecule has 2 heterocycles. The lowest BCUT2D eigenvalue weighted by molar-refractivity contribution is -0.126. The Morgan fingerprint density at radius 1 is 1.24 bits per heavy atom. The van der Waals surface area contributed by atoms with Gasteiger partial charge in [0, 0.05) is 18.7 Å². The van der Waals surface area contributed by atoms with Crippen molar-refractivity contribution in [1.82, 2.24) is 5.43 Å². The highest BCUT2D eigenvalue weighted by Gasteiger charge is 2.35. The molecule has 2 aliphatic heterocycles. The Labute approximate surface area is 168 Å². The number of nitrogens with one attached hydrogen (secondary N) is 1. The number of hydrogen-bond acceptors (Lipinski definition) is 6. The first-order valence-electron chi connectivity index (χ1n) is 9.40. The minimum atomic E-state index is -0.456. The van der Waals surface area contributed by atoms with E-state index in [1.165, 1.54) is 6.21 Å². The van der Waals surface area contributed by atoms with Gasteiger partial charge in [0.1, 0.15) is 5.75 Å². The van der Waals surface area contributed by atoms with E-state index in [1.807, 2.05) is 37.3 Å². The molecule has 0 spiro atoms. The molecular weight excluding hydrogens is 374 g/mol. The molecule has 0 aromatic heterocycles. The summed E-state index contributed by atoms with van der Waals surface area (Å²) in [6, 6.07) is 12.7. The molecule has 0 bridgehead atoms. The molecular formula is C21H21N3O5. The summed E-state index contributed by atoms with van der Waals surface area (Å²) in [6.07, 6.45) is 1.68. The average Bonchev–Trinajstić information content (AvgIpc) is 3.35. The van der Waals surface area contributed by atoms with Crippen LogP contribution in [0.3, 0.4) is 0 Å². The number of hydrazone groups is 1. The monoisotopic (exact) mass is 395 g/mol. The van der Waals surface area contributed by atoms with Crippen molar-refractivity contribution in [2.24, 2.45) is 11.0 Å². The molecule has 8 nitrogen and oxygen atoms in total. The number of carbonyl (C=O) groups is 2. The van der Waals surface area contributed by atoms with E-state index >= 15 is 0 Å². The van der Waals surface area contributed by atoms with Gasteiger partial charge < -0.3 is 19.1 Å². The minimum Gasteiger partial charge on any atom is -0.494 e. The van der Waals surface area contributed by atoms with Gasteiger partial charge in [0.15, 0.2) is 11.5 Å². The highest BCUT2D eigenvalue weighted by Crippen LogP contribution is 2.32. The lowest BCUT2D eigenvalue weighted by atomic mass is 10.1. The summed E-state index contributed by atoms with van der Waals surface area (Å²) in [5.74, 6) is 1.24. The summed E-state index contributed by atoms with van der Waals surface area (Å²) in [5, 5.41) is 4.00. The SMILES string of the molecule is CCOc1ccc(N2C[C@H](C(=O)N/N=C\c3ccc4c(c3)OCO4)CC2=O)cc1. The molecule has 1 atom stereocenters. The third kappa shape index (κ3) is 4.16. The van der Waals surface area contributed by atoms with E-state index in [0.29, 0.717) is 24.7 Å². The quantitative estimate of drug-likeness (QED) is 0.599. The number of fused-ring (bicyclic) bond motifs is 1. The maximum atomic E-state index is 12.4. The number of nitrogens with zero attached hydrogens (tertiary/aromatic N) is 2. The highest BCUT2D eigenvalue weighted by atomic mass is 16.7. The zero-order valence-corrected chi connectivity index (χ0v) is 16.0. The fourth-order valence-corrected chi connectivity index (χ4v) is 3.28. The Morgan fingerprint density at radius 3 is 2.83 bits per heavy atom. The van der Waals surface area contributed by atoms with E-state index in [2.05, 4.69) is 10.5 Å². The van der Waals surface area contributed by atoms with Crippen LogP contribution >= 0.6 is 0 Å². The van der Waals surface area contributed by atoms with Gasteiger partial charge in [-0.15, -0.1) is 0 Å². The van der Waals surface area contributed by atoms with E-state index in [4.69, 9.17) is 14.2 Å². The second-order valence-corrected chi connectivity index (χ2v) is 6.68. The van der Waals surface area contributed by atoms with Crippen LogP contribution in [0.1, 0.15) is 18.9 Å². The third-order valence-electron chi connectivity index (χ3n) is 4.74. The van der Waals surface area contributed by atoms with Gasteiger partial charge in [-0.3, -0.25) is 9.59 Å². The summed E-state index contributed by atoms with van der Waals surface area (Å²) < 4.78 is 16.0. The van der Waals surface area contributed by atoms with Crippen molar-refractivity contribution in [3.63, 3.8) is 0 Å². The van der Waals surface area contributed by atoms with Crippen LogP contribution in [0.25, 0.3) is 0 Å². The van der Waals surface area contributed by atoms with Crippen LogP contribution in [0, 0.1) is 5.92 Å². The number of anilines is 1. The van der Waals surface area contributed by atoms with Crippen molar-refractivity contribution >= 4 is 23.7 Å². The molecule has 2 aliphatic rings. The van der Waals surface area contributed by atoms with Crippen LogP contribution < -0.4 is 24.5 Å². The van der Waals surface area contributed by atoms with E-state index in [0.717, 1.165) is 17.0 Å². The van der Waals surface area contributed by atoms with Gasteiger partial charge in [-0.1, -0.05) is 0 Å². The van der Waals surface area contributed by atoms with Gasteiger partial charge >= 0.3 is 0 Å². The van der Waals surface area contributed by atoms with Gasteiger partial charge in [0.25, 0.3) is 0 Å². The summed E-state index contributed by atoms with van der Waals surface area (Å²) in [4.78, 5) is 26.4. The Morgan fingerprint density at radius 2 is 2.03 bits per heavy atom. The normalized spacial score (nSPS) is 17.8. The number of hydrogen-bond donors (Lipinski definition) is 1. The van der Waals surface area contributed by atoms with E-state index in [9.17, 15) is 9.59 Å². The molecule has 1 saturated heterocycles. The van der Waals surface area contributed by atoms with Crippen LogP contribution in [-0.2, 0) is 9.59 Å². The molecule has 0 unspecified atom stereocenters. The van der Waals surface area contributed by atoms with Gasteiger partial charge in [-0.25, -0.2) is 5.43 Å². The van der Waals surface area contributed by atoms with E-state index in [-0.39, 0.29) is 25.0 Å². The topological polar surface area (TPSA) is 89.5 Å². The fourth-order valence-electron chi connectivity index (χ4n) is 3.28. The van der Waals surface area contributed by atoms with Crippen LogP contribution in [-0.4, -0.2) is 38.0 Å². The molecule has 1 fully saturated rings. The second-order valence-electron chi connectivity index (χ2n) is 6.68. The van der Waals surface area contributed by atoms with Gasteiger partial charge in [-0.05, 0) is 55.0 Å². The number of benzene rings is 2. The number of ether oxygens (including phenoxy) is 3. The Balaban J connectivity index is 1.34. The molecule has 150 valence electrons. The average molecular weight is 395 g/mol. The van der Waals surface area contributed by atoms with Crippen LogP contribution in [0.5, 0.6) is 17.2 Å². The van der Waals surface area contributed by atoms with Gasteiger partial charge in [0.05, 0.1) is 18.7 Å². The van der Waals surface area contributed by atoms with Crippen LogP contribution in [0.15, 0.2) is 47.6 Å². The first kappa shape index (κ1) is 18.8. The summed E-state index contributed by atoms with van der Waals surface area (Å²) in [7, 11) is 0. The Kier molecular flexibility index (Phi) is 5.33. The fraction of sp³-hybridized carbons (Fsp3) is 0.286. The van der Waals surface area contributed by atoms with Crippen LogP contribution in [0.2, 0.25) is 0 Å². The number of rotatable bonds is 6. The van der Waals surface area contributed by atoms with Crippen molar-refractivity contribution in [3.05, 3.63) is 48.0 Å². The van der Waals surface area contributed by atoms with Crippen molar-refractivity contribution in [1.29, 1.82) is 0 Å². The zero-order chi connectivity index (χ0) is 20.2. The lowest BCUT2D eigenvalue weighted by Gasteiger charge is -2.17. The van der Waals surface area contributed by atoms with E-state index in [1.54, 1.807) is 17.0 Å². The van der Waals surface area contributed by atoms with Crippen LogP contribution in [0.4, 0.5) is 5.69 Å². The Hall–Kier alpha value is -3.55. The molecule has 2 aromatic carbocycles. The largest absolute Gasteiger partial charge is 0.494 e. The predicted octanol–water partition coefficient (Wildman–Crippen LogP) is 2.32. The number of amides is 2. The van der Waals surface area contributed by atoms with Crippen molar-refractivity contribution in [2.45, 2.75) is 13.3 Å². The lowest BCUT2D eigenvalue weighted by Crippen LogP contribution is -2.30. The molecule has 4 rings (SSSR count). The number of carbonyl (C=O) groups excluding carboxylic acids is 2.